The number of benzene rings is 1. The van der Waals surface area contributed by atoms with Gasteiger partial charge < -0.3 is 10.8 Å². The van der Waals surface area contributed by atoms with E-state index < -0.39 is 6.10 Å². The van der Waals surface area contributed by atoms with Crippen LogP contribution in [0.15, 0.2) is 24.3 Å². The molecule has 114 valence electrons. The lowest BCUT2D eigenvalue weighted by Gasteiger charge is -2.29. The van der Waals surface area contributed by atoms with E-state index in [1.807, 2.05) is 24.3 Å². The van der Waals surface area contributed by atoms with Crippen molar-refractivity contribution in [3.63, 3.8) is 0 Å². The molecule has 0 saturated heterocycles. The fourth-order valence-electron chi connectivity index (χ4n) is 2.33. The first-order valence-corrected chi connectivity index (χ1v) is 7.79. The number of rotatable bonds is 9. The highest BCUT2D eigenvalue weighted by Crippen LogP contribution is 2.17. The van der Waals surface area contributed by atoms with Crippen molar-refractivity contribution in [3.8, 4) is 0 Å². The van der Waals surface area contributed by atoms with Crippen LogP contribution in [-0.4, -0.2) is 29.1 Å². The maximum absolute atomic E-state index is 10.4. The van der Waals surface area contributed by atoms with Gasteiger partial charge in [0.1, 0.15) is 0 Å². The standard InChI is InChI=1S/C17H30N2O/c1-4-5-6-11-19(14(2)3)13-17(20)16-9-7-15(12-18)8-10-16/h7-10,14,17,20H,4-6,11-13,18H2,1-3H3. The van der Waals surface area contributed by atoms with Crippen molar-refractivity contribution in [2.45, 2.75) is 58.7 Å². The predicted molar refractivity (Wildman–Crippen MR) is 85.5 cm³/mol. The highest BCUT2D eigenvalue weighted by atomic mass is 16.3. The first kappa shape index (κ1) is 17.2. The van der Waals surface area contributed by atoms with Crippen LogP contribution < -0.4 is 5.73 Å². The second kappa shape index (κ2) is 9.11. The van der Waals surface area contributed by atoms with Gasteiger partial charge in [-0.2, -0.15) is 0 Å². The Bertz CT molecular complexity index is 362. The van der Waals surface area contributed by atoms with Crippen molar-refractivity contribution in [2.24, 2.45) is 5.73 Å². The number of nitrogens with two attached hydrogens (primary N) is 1. The molecule has 1 rings (SSSR count). The Balaban J connectivity index is 2.57. The Morgan fingerprint density at radius 2 is 1.80 bits per heavy atom. The van der Waals surface area contributed by atoms with E-state index in [2.05, 4.69) is 25.7 Å². The topological polar surface area (TPSA) is 49.5 Å². The summed E-state index contributed by atoms with van der Waals surface area (Å²) in [5, 5.41) is 10.4. The Hall–Kier alpha value is -0.900. The average molecular weight is 278 g/mol. The van der Waals surface area contributed by atoms with E-state index in [-0.39, 0.29) is 0 Å². The van der Waals surface area contributed by atoms with Crippen LogP contribution in [-0.2, 0) is 6.54 Å². The summed E-state index contributed by atoms with van der Waals surface area (Å²) in [4.78, 5) is 2.36. The van der Waals surface area contributed by atoms with Gasteiger partial charge in [-0.05, 0) is 37.9 Å². The fourth-order valence-corrected chi connectivity index (χ4v) is 2.33. The molecule has 0 heterocycles. The minimum atomic E-state index is -0.425. The molecule has 0 aliphatic rings. The third kappa shape index (κ3) is 5.61. The summed E-state index contributed by atoms with van der Waals surface area (Å²) < 4.78 is 0. The molecule has 1 aromatic rings. The zero-order valence-corrected chi connectivity index (χ0v) is 13.2. The molecule has 20 heavy (non-hydrogen) atoms. The largest absolute Gasteiger partial charge is 0.387 e. The quantitative estimate of drug-likeness (QED) is 0.683. The van der Waals surface area contributed by atoms with Crippen LogP contribution >= 0.6 is 0 Å². The summed E-state index contributed by atoms with van der Waals surface area (Å²) in [5.41, 5.74) is 7.67. The molecule has 3 N–H and O–H groups in total. The molecule has 0 saturated carbocycles. The molecule has 0 fully saturated rings. The third-order valence-electron chi connectivity index (χ3n) is 3.79. The molecule has 0 amide bonds. The Kier molecular flexibility index (Phi) is 7.82. The lowest BCUT2D eigenvalue weighted by atomic mass is 10.1. The first-order chi connectivity index (χ1) is 9.58. The van der Waals surface area contributed by atoms with Crippen LogP contribution in [0.25, 0.3) is 0 Å². The predicted octanol–water partition coefficient (Wildman–Crippen LogP) is 3.08. The van der Waals surface area contributed by atoms with Gasteiger partial charge in [-0.15, -0.1) is 0 Å². The lowest BCUT2D eigenvalue weighted by molar-refractivity contribution is 0.0942. The Morgan fingerprint density at radius 3 is 2.30 bits per heavy atom. The maximum Gasteiger partial charge on any atom is 0.0917 e. The van der Waals surface area contributed by atoms with Gasteiger partial charge in [-0.1, -0.05) is 44.0 Å². The summed E-state index contributed by atoms with van der Waals surface area (Å²) in [6, 6.07) is 8.42. The van der Waals surface area contributed by atoms with Crippen LogP contribution in [0.3, 0.4) is 0 Å². The van der Waals surface area contributed by atoms with Gasteiger partial charge in [-0.25, -0.2) is 0 Å². The Morgan fingerprint density at radius 1 is 1.15 bits per heavy atom. The van der Waals surface area contributed by atoms with Gasteiger partial charge in [-0.3, -0.25) is 4.90 Å². The summed E-state index contributed by atoms with van der Waals surface area (Å²) in [6.07, 6.45) is 3.26. The van der Waals surface area contributed by atoms with Gasteiger partial charge >= 0.3 is 0 Å². The van der Waals surface area contributed by atoms with Crippen molar-refractivity contribution in [2.75, 3.05) is 13.1 Å². The fraction of sp³-hybridized carbons (Fsp3) is 0.647. The smallest absolute Gasteiger partial charge is 0.0917 e. The molecule has 0 spiro atoms. The summed E-state index contributed by atoms with van der Waals surface area (Å²) in [6.45, 7) is 8.90. The number of aliphatic hydroxyl groups is 1. The maximum atomic E-state index is 10.4. The van der Waals surface area contributed by atoms with E-state index in [0.29, 0.717) is 19.1 Å². The number of aliphatic hydroxyl groups excluding tert-OH is 1. The molecule has 0 bridgehead atoms. The van der Waals surface area contributed by atoms with Crippen molar-refractivity contribution >= 4 is 0 Å². The second-order valence-corrected chi connectivity index (χ2v) is 5.76. The number of nitrogens with zero attached hydrogens (tertiary/aromatic N) is 1. The van der Waals surface area contributed by atoms with Gasteiger partial charge in [0.05, 0.1) is 6.10 Å². The number of hydrogen-bond donors (Lipinski definition) is 2. The highest BCUT2D eigenvalue weighted by Gasteiger charge is 2.15. The van der Waals surface area contributed by atoms with Crippen LogP contribution in [0.4, 0.5) is 0 Å². The van der Waals surface area contributed by atoms with Crippen molar-refractivity contribution < 1.29 is 5.11 Å². The monoisotopic (exact) mass is 278 g/mol. The van der Waals surface area contributed by atoms with E-state index in [4.69, 9.17) is 5.73 Å². The van der Waals surface area contributed by atoms with E-state index >= 15 is 0 Å². The van der Waals surface area contributed by atoms with E-state index in [1.54, 1.807) is 0 Å². The van der Waals surface area contributed by atoms with Crippen LogP contribution in [0.5, 0.6) is 0 Å². The van der Waals surface area contributed by atoms with E-state index in [0.717, 1.165) is 17.7 Å². The minimum absolute atomic E-state index is 0.425. The SMILES string of the molecule is CCCCCN(CC(O)c1ccc(CN)cc1)C(C)C. The molecule has 1 aromatic carbocycles. The van der Waals surface area contributed by atoms with Crippen molar-refractivity contribution in [1.29, 1.82) is 0 Å². The van der Waals surface area contributed by atoms with Crippen LogP contribution in [0, 0.1) is 0 Å². The van der Waals surface area contributed by atoms with Gasteiger partial charge in [0.25, 0.3) is 0 Å². The van der Waals surface area contributed by atoms with E-state index in [1.165, 1.54) is 19.3 Å². The summed E-state index contributed by atoms with van der Waals surface area (Å²) in [5.74, 6) is 0. The zero-order valence-electron chi connectivity index (χ0n) is 13.2. The molecule has 3 heteroatoms. The Labute approximate surface area is 123 Å². The number of hydrogen-bond acceptors (Lipinski definition) is 3. The molecule has 1 unspecified atom stereocenters. The summed E-state index contributed by atoms with van der Waals surface area (Å²) in [7, 11) is 0. The second-order valence-electron chi connectivity index (χ2n) is 5.76. The molecule has 3 nitrogen and oxygen atoms in total. The van der Waals surface area contributed by atoms with Crippen molar-refractivity contribution in [3.05, 3.63) is 35.4 Å². The molecule has 0 radical (unpaired) electrons. The van der Waals surface area contributed by atoms with Gasteiger partial charge in [0.15, 0.2) is 0 Å². The molecular weight excluding hydrogens is 248 g/mol. The molecule has 0 aliphatic carbocycles. The first-order valence-electron chi connectivity index (χ1n) is 7.79. The average Bonchev–Trinajstić information content (AvgIpc) is 2.46. The molecule has 1 atom stereocenters. The molecule has 0 aliphatic heterocycles. The summed E-state index contributed by atoms with van der Waals surface area (Å²) >= 11 is 0. The molecule has 0 aromatic heterocycles. The van der Waals surface area contributed by atoms with Crippen LogP contribution in [0.1, 0.15) is 57.3 Å². The van der Waals surface area contributed by atoms with Crippen LogP contribution in [0.2, 0.25) is 0 Å². The van der Waals surface area contributed by atoms with Crippen molar-refractivity contribution in [1.82, 2.24) is 4.90 Å². The number of unbranched alkanes of at least 4 members (excludes halogenated alkanes) is 2. The highest BCUT2D eigenvalue weighted by molar-refractivity contribution is 5.24. The third-order valence-corrected chi connectivity index (χ3v) is 3.79. The van der Waals surface area contributed by atoms with E-state index in [9.17, 15) is 5.11 Å². The molecular formula is C17H30N2O. The lowest BCUT2D eigenvalue weighted by Crippen LogP contribution is -2.35. The normalized spacial score (nSPS) is 13.2. The minimum Gasteiger partial charge on any atom is -0.387 e. The van der Waals surface area contributed by atoms with Gasteiger partial charge in [0.2, 0.25) is 0 Å². The zero-order chi connectivity index (χ0) is 15.0. The van der Waals surface area contributed by atoms with Gasteiger partial charge in [0, 0.05) is 19.1 Å².